The molecule has 0 aromatic heterocycles. The molecule has 0 aliphatic heterocycles. The van der Waals surface area contributed by atoms with Gasteiger partial charge in [-0.15, -0.1) is 0 Å². The maximum atomic E-state index is 13.7. The molecule has 2 N–H and O–H groups in total. The summed E-state index contributed by atoms with van der Waals surface area (Å²) < 4.78 is 36.5. The summed E-state index contributed by atoms with van der Waals surface area (Å²) in [7, 11) is 0. The molecule has 0 amide bonds. The van der Waals surface area contributed by atoms with Crippen LogP contribution in [-0.2, 0) is 34.0 Å². The topological polar surface area (TPSA) is 95.8 Å². The molecular formula is C56H106O8. The third kappa shape index (κ3) is 31.8. The Morgan fingerprint density at radius 1 is 0.406 bits per heavy atom. The molecule has 0 heterocycles. The zero-order chi connectivity index (χ0) is 46.3. The minimum Gasteiger partial charge on any atom is -0.394 e. The van der Waals surface area contributed by atoms with E-state index < -0.39 is 11.2 Å². The molecule has 0 fully saturated rings. The highest BCUT2D eigenvalue weighted by molar-refractivity contribution is 5.27. The lowest BCUT2D eigenvalue weighted by Gasteiger charge is -2.50. The third-order valence-corrected chi connectivity index (χ3v) is 13.1. The van der Waals surface area contributed by atoms with Gasteiger partial charge < -0.3 is 38.6 Å². The molecule has 378 valence electrons. The summed E-state index contributed by atoms with van der Waals surface area (Å²) in [6.45, 7) is 14.0. The number of aliphatic hydroxyl groups excluding tert-OH is 1. The van der Waals surface area contributed by atoms with Crippen LogP contribution >= 0.6 is 0 Å². The van der Waals surface area contributed by atoms with E-state index in [0.717, 1.165) is 63.4 Å². The van der Waals surface area contributed by atoms with Gasteiger partial charge in [-0.3, -0.25) is 0 Å². The van der Waals surface area contributed by atoms with Crippen LogP contribution in [0.2, 0.25) is 0 Å². The van der Waals surface area contributed by atoms with E-state index in [1.807, 2.05) is 0 Å². The molecule has 2 atom stereocenters. The van der Waals surface area contributed by atoms with Crippen LogP contribution < -0.4 is 0 Å². The third-order valence-electron chi connectivity index (χ3n) is 13.1. The van der Waals surface area contributed by atoms with Gasteiger partial charge >= 0.3 is 0 Å². The first-order valence-corrected chi connectivity index (χ1v) is 27.5. The molecule has 0 saturated heterocycles. The second-order valence-electron chi connectivity index (χ2n) is 18.7. The first kappa shape index (κ1) is 60.9. The Bertz CT molecular complexity index is 1040. The number of rotatable bonds is 52. The normalized spacial score (nSPS) is 13.5. The molecule has 0 aliphatic carbocycles. The molecule has 0 saturated carbocycles. The monoisotopic (exact) mass is 907 g/mol. The van der Waals surface area contributed by atoms with Crippen molar-refractivity contribution in [1.82, 2.24) is 0 Å². The molecule has 0 spiro atoms. The molecule has 0 radical (unpaired) electrons. The zero-order valence-corrected chi connectivity index (χ0v) is 42.7. The number of ether oxygens (including phenoxy) is 6. The number of unbranched alkanes of at least 4 members (excludes halogenated alkanes) is 24. The molecule has 0 bridgehead atoms. The van der Waals surface area contributed by atoms with Gasteiger partial charge in [-0.2, -0.15) is 0 Å². The van der Waals surface area contributed by atoms with Gasteiger partial charge in [0.15, 0.2) is 0 Å². The van der Waals surface area contributed by atoms with Crippen molar-refractivity contribution in [2.24, 2.45) is 0 Å². The van der Waals surface area contributed by atoms with Crippen LogP contribution in [-0.4, -0.2) is 94.6 Å². The SMILES string of the molecule is CCCCCCCCCC(COCCOCCOCCOCCOCCO)OC(CCCCCCCCC)(CCCCCCCCC)C(O)(CCCCCCCCC)c1ccccc1. The fraction of sp³-hybridized carbons (Fsp3) is 0.893. The Hall–Kier alpha value is -1.10. The van der Waals surface area contributed by atoms with Crippen molar-refractivity contribution in [1.29, 1.82) is 0 Å². The Kier molecular flexibility index (Phi) is 43.5. The van der Waals surface area contributed by atoms with Crippen molar-refractivity contribution in [3.05, 3.63) is 35.9 Å². The van der Waals surface area contributed by atoms with Crippen LogP contribution in [0.5, 0.6) is 0 Å². The summed E-state index contributed by atoms with van der Waals surface area (Å²) in [4.78, 5) is 0. The maximum absolute atomic E-state index is 13.7. The molecule has 1 rings (SSSR count). The predicted molar refractivity (Wildman–Crippen MR) is 270 cm³/mol. The smallest absolute Gasteiger partial charge is 0.118 e. The van der Waals surface area contributed by atoms with E-state index in [9.17, 15) is 5.11 Å². The van der Waals surface area contributed by atoms with Gasteiger partial charge in [0, 0.05) is 0 Å². The number of aliphatic hydroxyl groups is 2. The maximum Gasteiger partial charge on any atom is 0.118 e. The van der Waals surface area contributed by atoms with Crippen LogP contribution in [0, 0.1) is 0 Å². The molecule has 64 heavy (non-hydrogen) atoms. The standard InChI is InChI=1S/C56H106O8/c1-5-9-13-17-21-25-32-38-54(52-63-51-50-62-49-48-61-47-46-60-45-44-59-43-42-57)64-55(39-33-26-22-18-14-10-6-2,40-34-27-23-19-15-11-7-3)56(58,53-36-30-29-31-37-53)41-35-28-24-20-16-12-8-4/h29-31,36-37,54,57-58H,5-28,32-35,38-52H2,1-4H3. The Morgan fingerprint density at radius 3 is 1.16 bits per heavy atom. The van der Waals surface area contributed by atoms with E-state index in [1.165, 1.54) is 148 Å². The quantitative estimate of drug-likeness (QED) is 0.0624. The molecule has 1 aromatic rings. The summed E-state index contributed by atoms with van der Waals surface area (Å²) in [5, 5.41) is 22.5. The minimum atomic E-state index is -1.09. The van der Waals surface area contributed by atoms with Crippen LogP contribution in [0.4, 0.5) is 0 Å². The largest absolute Gasteiger partial charge is 0.394 e. The second kappa shape index (κ2) is 45.7. The van der Waals surface area contributed by atoms with Crippen molar-refractivity contribution < 1.29 is 38.6 Å². The van der Waals surface area contributed by atoms with Crippen LogP contribution in [0.15, 0.2) is 30.3 Å². The van der Waals surface area contributed by atoms with Gasteiger partial charge in [0.25, 0.3) is 0 Å². The fourth-order valence-electron chi connectivity index (χ4n) is 9.16. The molecule has 8 nitrogen and oxygen atoms in total. The van der Waals surface area contributed by atoms with Gasteiger partial charge in [-0.25, -0.2) is 0 Å². The van der Waals surface area contributed by atoms with E-state index in [1.54, 1.807) is 0 Å². The number of hydrogen-bond acceptors (Lipinski definition) is 8. The molecule has 8 heteroatoms. The number of hydrogen-bond donors (Lipinski definition) is 2. The fourth-order valence-corrected chi connectivity index (χ4v) is 9.16. The van der Waals surface area contributed by atoms with Gasteiger partial charge in [0.1, 0.15) is 11.2 Å². The lowest BCUT2D eigenvalue weighted by atomic mass is 9.69. The summed E-state index contributed by atoms with van der Waals surface area (Å²) in [5.74, 6) is 0. The summed E-state index contributed by atoms with van der Waals surface area (Å²) >= 11 is 0. The lowest BCUT2D eigenvalue weighted by molar-refractivity contribution is -0.234. The van der Waals surface area contributed by atoms with Crippen LogP contribution in [0.25, 0.3) is 0 Å². The lowest BCUT2D eigenvalue weighted by Crippen LogP contribution is -2.56. The average molecular weight is 907 g/mol. The Labute approximate surface area is 396 Å². The van der Waals surface area contributed by atoms with Crippen LogP contribution in [0.3, 0.4) is 0 Å². The summed E-state index contributed by atoms with van der Waals surface area (Å²) in [6, 6.07) is 10.7. The highest BCUT2D eigenvalue weighted by atomic mass is 16.6. The highest BCUT2D eigenvalue weighted by Crippen LogP contribution is 2.48. The molecule has 1 aromatic carbocycles. The van der Waals surface area contributed by atoms with Crippen molar-refractivity contribution in [2.75, 3.05) is 72.7 Å². The first-order valence-electron chi connectivity index (χ1n) is 27.5. The second-order valence-corrected chi connectivity index (χ2v) is 18.7. The first-order chi connectivity index (χ1) is 31.5. The Morgan fingerprint density at radius 2 is 0.750 bits per heavy atom. The molecule has 2 unspecified atom stereocenters. The predicted octanol–water partition coefficient (Wildman–Crippen LogP) is 14.6. The highest BCUT2D eigenvalue weighted by Gasteiger charge is 2.52. The van der Waals surface area contributed by atoms with Crippen LogP contribution in [0.1, 0.15) is 239 Å². The van der Waals surface area contributed by atoms with E-state index in [2.05, 4.69) is 58.0 Å². The van der Waals surface area contributed by atoms with E-state index in [0.29, 0.717) is 66.1 Å². The van der Waals surface area contributed by atoms with Crippen molar-refractivity contribution >= 4 is 0 Å². The van der Waals surface area contributed by atoms with Gasteiger partial charge in [-0.1, -0.05) is 238 Å². The Balaban J connectivity index is 3.30. The zero-order valence-electron chi connectivity index (χ0n) is 42.7. The minimum absolute atomic E-state index is 0.0275. The van der Waals surface area contributed by atoms with E-state index >= 15 is 0 Å². The molecular weight excluding hydrogens is 801 g/mol. The molecule has 0 aliphatic rings. The van der Waals surface area contributed by atoms with Gasteiger partial charge in [0.2, 0.25) is 0 Å². The summed E-state index contributed by atoms with van der Waals surface area (Å²) in [5.41, 5.74) is -0.776. The van der Waals surface area contributed by atoms with Crippen molar-refractivity contribution in [2.45, 2.75) is 250 Å². The van der Waals surface area contributed by atoms with E-state index in [-0.39, 0.29) is 12.7 Å². The van der Waals surface area contributed by atoms with Crippen molar-refractivity contribution in [3.8, 4) is 0 Å². The average Bonchev–Trinajstić information content (AvgIpc) is 3.31. The van der Waals surface area contributed by atoms with Crippen molar-refractivity contribution in [3.63, 3.8) is 0 Å². The number of benzene rings is 1. The van der Waals surface area contributed by atoms with Gasteiger partial charge in [-0.05, 0) is 31.2 Å². The summed E-state index contributed by atoms with van der Waals surface area (Å²) in [6.07, 6.45) is 38.0. The van der Waals surface area contributed by atoms with Gasteiger partial charge in [0.05, 0.1) is 78.8 Å². The van der Waals surface area contributed by atoms with E-state index in [4.69, 9.17) is 33.5 Å².